The van der Waals surface area contributed by atoms with Gasteiger partial charge in [0.25, 0.3) is 0 Å². The van der Waals surface area contributed by atoms with Crippen LogP contribution in [-0.4, -0.2) is 41.5 Å². The van der Waals surface area contributed by atoms with Crippen LogP contribution < -0.4 is 5.73 Å². The van der Waals surface area contributed by atoms with Crippen LogP contribution in [-0.2, 0) is 11.3 Å². The van der Waals surface area contributed by atoms with E-state index in [1.165, 1.54) is 0 Å². The first-order chi connectivity index (χ1) is 8.69. The van der Waals surface area contributed by atoms with Crippen molar-refractivity contribution in [2.45, 2.75) is 26.0 Å². The zero-order valence-corrected chi connectivity index (χ0v) is 10.7. The van der Waals surface area contributed by atoms with Crippen molar-refractivity contribution in [2.75, 3.05) is 19.7 Å². The topological polar surface area (TPSA) is 75.2 Å². The lowest BCUT2D eigenvalue weighted by atomic mass is 10.1. The minimum atomic E-state index is 0.0188. The number of nitrogen functional groups attached to an aromatic ring is 1. The van der Waals surface area contributed by atoms with E-state index in [9.17, 15) is 0 Å². The van der Waals surface area contributed by atoms with Gasteiger partial charge in [-0.1, -0.05) is 6.92 Å². The number of nitrogens with zero attached hydrogens (tertiary/aromatic N) is 2. The molecule has 0 bridgehead atoms. The molecule has 1 fully saturated rings. The van der Waals surface area contributed by atoms with Crippen LogP contribution in [0.15, 0.2) is 18.3 Å². The molecule has 1 atom stereocenters. The van der Waals surface area contributed by atoms with Gasteiger partial charge in [-0.05, 0) is 24.1 Å². The Hall–Kier alpha value is -1.46. The van der Waals surface area contributed by atoms with Crippen molar-refractivity contribution in [1.82, 2.24) is 9.88 Å². The van der Waals surface area contributed by atoms with Crippen molar-refractivity contribution in [3.63, 3.8) is 0 Å². The highest BCUT2D eigenvalue weighted by molar-refractivity contribution is 5.93. The molecule has 2 rings (SSSR count). The Balaban J connectivity index is 2.00. The lowest BCUT2D eigenvalue weighted by Gasteiger charge is -2.32. The van der Waals surface area contributed by atoms with Gasteiger partial charge in [0, 0.05) is 25.8 Å². The van der Waals surface area contributed by atoms with Gasteiger partial charge in [-0.3, -0.25) is 15.3 Å². The Bertz CT molecular complexity index is 421. The minimum absolute atomic E-state index is 0.0188. The first kappa shape index (κ1) is 13.0. The zero-order chi connectivity index (χ0) is 13.0. The summed E-state index contributed by atoms with van der Waals surface area (Å²) in [6.45, 7) is 5.72. The highest BCUT2D eigenvalue weighted by Gasteiger charge is 2.18. The van der Waals surface area contributed by atoms with E-state index in [0.717, 1.165) is 38.2 Å². The molecular formula is C13H20N4O. The number of nitrogens with one attached hydrogen (secondary N) is 1. The summed E-state index contributed by atoms with van der Waals surface area (Å²) in [5.74, 6) is 0.0188. The minimum Gasteiger partial charge on any atom is -0.382 e. The van der Waals surface area contributed by atoms with Gasteiger partial charge in [0.2, 0.25) is 0 Å². The van der Waals surface area contributed by atoms with Crippen LogP contribution in [0, 0.1) is 5.41 Å². The van der Waals surface area contributed by atoms with Crippen molar-refractivity contribution in [2.24, 2.45) is 5.73 Å². The quantitative estimate of drug-likeness (QED) is 0.615. The lowest BCUT2D eigenvalue weighted by Crippen LogP contribution is -2.41. The fourth-order valence-electron chi connectivity index (χ4n) is 2.15. The molecule has 1 aromatic rings. The van der Waals surface area contributed by atoms with E-state index in [2.05, 4.69) is 16.8 Å². The number of nitrogens with two attached hydrogens (primary N) is 1. The van der Waals surface area contributed by atoms with Crippen molar-refractivity contribution in [3.8, 4) is 0 Å². The van der Waals surface area contributed by atoms with E-state index < -0.39 is 0 Å². The molecule has 0 radical (unpaired) electrons. The summed E-state index contributed by atoms with van der Waals surface area (Å²) in [5, 5.41) is 7.40. The average Bonchev–Trinajstić information content (AvgIpc) is 2.39. The smallest absolute Gasteiger partial charge is 0.141 e. The van der Waals surface area contributed by atoms with Crippen LogP contribution in [0.1, 0.15) is 24.6 Å². The molecule has 98 valence electrons. The second kappa shape index (κ2) is 5.93. The second-order valence-electron chi connectivity index (χ2n) is 4.60. The third-order valence-corrected chi connectivity index (χ3v) is 3.18. The molecule has 1 saturated heterocycles. The van der Waals surface area contributed by atoms with Gasteiger partial charge in [0.1, 0.15) is 11.5 Å². The summed E-state index contributed by atoms with van der Waals surface area (Å²) in [4.78, 5) is 6.44. The molecule has 3 N–H and O–H groups in total. The molecule has 2 heterocycles. The van der Waals surface area contributed by atoms with E-state index in [4.69, 9.17) is 15.9 Å². The summed E-state index contributed by atoms with van der Waals surface area (Å²) in [6, 6.07) is 3.86. The predicted octanol–water partition coefficient (Wildman–Crippen LogP) is 0.976. The Morgan fingerprint density at radius 2 is 2.50 bits per heavy atom. The normalized spacial score (nSPS) is 20.8. The van der Waals surface area contributed by atoms with Crippen LogP contribution in [0.2, 0.25) is 0 Å². The summed E-state index contributed by atoms with van der Waals surface area (Å²) in [5.41, 5.74) is 7.14. The summed E-state index contributed by atoms with van der Waals surface area (Å²) in [6.07, 6.45) is 3.10. The van der Waals surface area contributed by atoms with Gasteiger partial charge in [-0.15, -0.1) is 0 Å². The largest absolute Gasteiger partial charge is 0.382 e. The third-order valence-electron chi connectivity index (χ3n) is 3.18. The summed E-state index contributed by atoms with van der Waals surface area (Å²) >= 11 is 0. The number of hydrogen-bond donors (Lipinski definition) is 2. The van der Waals surface area contributed by atoms with E-state index in [-0.39, 0.29) is 5.84 Å². The number of amidine groups is 1. The molecule has 0 spiro atoms. The van der Waals surface area contributed by atoms with Gasteiger partial charge < -0.3 is 10.5 Å². The van der Waals surface area contributed by atoms with Crippen LogP contribution in [0.5, 0.6) is 0 Å². The Kier molecular flexibility index (Phi) is 4.28. The average molecular weight is 248 g/mol. The Labute approximate surface area is 107 Å². The van der Waals surface area contributed by atoms with Crippen molar-refractivity contribution < 1.29 is 4.74 Å². The fraction of sp³-hybridized carbons (Fsp3) is 0.538. The molecule has 0 amide bonds. The fourth-order valence-corrected chi connectivity index (χ4v) is 2.15. The number of hydrogen-bond acceptors (Lipinski definition) is 4. The van der Waals surface area contributed by atoms with Crippen molar-refractivity contribution in [3.05, 3.63) is 29.6 Å². The van der Waals surface area contributed by atoms with Crippen LogP contribution in [0.4, 0.5) is 0 Å². The van der Waals surface area contributed by atoms with Crippen molar-refractivity contribution >= 4 is 5.84 Å². The van der Waals surface area contributed by atoms with Gasteiger partial charge in [0.05, 0.1) is 12.7 Å². The van der Waals surface area contributed by atoms with Crippen LogP contribution >= 0.6 is 0 Å². The molecule has 1 aliphatic rings. The third kappa shape index (κ3) is 3.27. The van der Waals surface area contributed by atoms with Crippen LogP contribution in [0.25, 0.3) is 0 Å². The molecule has 1 unspecified atom stereocenters. The highest BCUT2D eigenvalue weighted by Crippen LogP contribution is 2.12. The first-order valence-electron chi connectivity index (χ1n) is 6.32. The van der Waals surface area contributed by atoms with E-state index in [1.807, 2.05) is 12.1 Å². The zero-order valence-electron chi connectivity index (χ0n) is 10.7. The molecule has 5 heteroatoms. The van der Waals surface area contributed by atoms with Gasteiger partial charge in [-0.25, -0.2) is 0 Å². The van der Waals surface area contributed by atoms with E-state index in [0.29, 0.717) is 11.8 Å². The molecule has 1 aromatic heterocycles. The first-order valence-corrected chi connectivity index (χ1v) is 6.32. The number of morpholine rings is 1. The maximum absolute atomic E-state index is 7.40. The number of aromatic nitrogens is 1. The van der Waals surface area contributed by atoms with Crippen LogP contribution in [0.3, 0.4) is 0 Å². The Morgan fingerprint density at radius 1 is 1.67 bits per heavy atom. The summed E-state index contributed by atoms with van der Waals surface area (Å²) in [7, 11) is 0. The molecule has 0 saturated carbocycles. The lowest BCUT2D eigenvalue weighted by molar-refractivity contribution is -0.0324. The Morgan fingerprint density at radius 3 is 3.22 bits per heavy atom. The molecule has 1 aliphatic heterocycles. The molecule has 0 aromatic carbocycles. The molecule has 5 nitrogen and oxygen atoms in total. The van der Waals surface area contributed by atoms with Gasteiger partial charge >= 0.3 is 0 Å². The standard InChI is InChI=1S/C13H20N4O/c1-2-11-9-17(5-6-18-11)8-10-3-4-16-12(7-10)13(14)15/h3-4,7,11H,2,5-6,8-9H2,1H3,(H3,14,15). The second-order valence-corrected chi connectivity index (χ2v) is 4.60. The predicted molar refractivity (Wildman–Crippen MR) is 70.6 cm³/mol. The molecular weight excluding hydrogens is 228 g/mol. The number of rotatable bonds is 4. The van der Waals surface area contributed by atoms with Crippen molar-refractivity contribution in [1.29, 1.82) is 5.41 Å². The molecule has 0 aliphatic carbocycles. The molecule has 18 heavy (non-hydrogen) atoms. The number of pyridine rings is 1. The number of ether oxygens (including phenoxy) is 1. The van der Waals surface area contributed by atoms with E-state index >= 15 is 0 Å². The monoisotopic (exact) mass is 248 g/mol. The highest BCUT2D eigenvalue weighted by atomic mass is 16.5. The van der Waals surface area contributed by atoms with Gasteiger partial charge in [0.15, 0.2) is 0 Å². The SMILES string of the molecule is CCC1CN(Cc2ccnc(C(=N)N)c2)CCO1. The maximum Gasteiger partial charge on any atom is 0.141 e. The van der Waals surface area contributed by atoms with E-state index in [1.54, 1.807) is 6.20 Å². The van der Waals surface area contributed by atoms with Gasteiger partial charge in [-0.2, -0.15) is 0 Å². The summed E-state index contributed by atoms with van der Waals surface area (Å²) < 4.78 is 5.65. The maximum atomic E-state index is 7.40.